The number of amides is 2. The van der Waals surface area contributed by atoms with E-state index in [0.717, 1.165) is 44.9 Å². The van der Waals surface area contributed by atoms with Gasteiger partial charge in [0.05, 0.1) is 38.5 Å². The van der Waals surface area contributed by atoms with Gasteiger partial charge in [-0.25, -0.2) is 26.4 Å². The van der Waals surface area contributed by atoms with Crippen molar-refractivity contribution in [1.29, 1.82) is 10.8 Å². The number of hydrogen-bond donors (Lipinski definition) is 4. The number of nitrogens with one attached hydrogen (secondary N) is 4. The molecule has 3 fully saturated rings. The van der Waals surface area contributed by atoms with E-state index in [4.69, 9.17) is 25.0 Å². The highest BCUT2D eigenvalue weighted by atomic mass is 32.2. The second kappa shape index (κ2) is 19.2. The lowest BCUT2D eigenvalue weighted by atomic mass is 10.1. The van der Waals surface area contributed by atoms with E-state index in [1.807, 2.05) is 11.6 Å². The van der Waals surface area contributed by atoms with Crippen molar-refractivity contribution in [2.24, 2.45) is 0 Å². The second-order valence-electron chi connectivity index (χ2n) is 13.6. The summed E-state index contributed by atoms with van der Waals surface area (Å²) in [5.41, 5.74) is 1.79. The second-order valence-corrected chi connectivity index (χ2v) is 18.7. The number of sulfonamides is 2. The van der Waals surface area contributed by atoms with Gasteiger partial charge < -0.3 is 14.2 Å². The fourth-order valence-electron chi connectivity index (χ4n) is 5.98. The van der Waals surface area contributed by atoms with Gasteiger partial charge in [0, 0.05) is 55.2 Å². The third kappa shape index (κ3) is 13.9. The number of carbonyl (C=O) groups excluding carboxylic acids is 3. The van der Waals surface area contributed by atoms with E-state index in [2.05, 4.69) is 18.7 Å². The Balaban J connectivity index is 0.000000267. The fourth-order valence-corrected chi connectivity index (χ4v) is 7.36. The minimum Gasteiger partial charge on any atom is -0.465 e. The van der Waals surface area contributed by atoms with Crippen LogP contribution in [-0.4, -0.2) is 161 Å². The third-order valence-corrected chi connectivity index (χ3v) is 10.5. The molecule has 58 heavy (non-hydrogen) atoms. The molecule has 3 atom stereocenters. The van der Waals surface area contributed by atoms with Crippen molar-refractivity contribution in [3.63, 3.8) is 0 Å². The highest BCUT2D eigenvalue weighted by Crippen LogP contribution is 2.24. The van der Waals surface area contributed by atoms with Gasteiger partial charge in [-0.2, -0.15) is 8.42 Å². The number of rotatable bonds is 14. The van der Waals surface area contributed by atoms with Crippen molar-refractivity contribution in [2.45, 2.75) is 32.1 Å². The lowest BCUT2D eigenvalue weighted by molar-refractivity contribution is -0.149. The minimum absolute atomic E-state index is 0.104. The molecule has 24 heteroatoms. The van der Waals surface area contributed by atoms with Gasteiger partial charge in [0.2, 0.25) is 20.0 Å². The molecule has 3 saturated heterocycles. The molecular formula is C34H48N8O13S3. The Morgan fingerprint density at radius 1 is 0.759 bits per heavy atom. The zero-order valence-corrected chi connectivity index (χ0v) is 35.0. The molecule has 0 spiro atoms. The normalized spacial score (nSPS) is 19.7. The number of esters is 1. The summed E-state index contributed by atoms with van der Waals surface area (Å²) in [7, 11) is -10.7. The minimum atomic E-state index is -3.63. The first-order chi connectivity index (χ1) is 27.0. The van der Waals surface area contributed by atoms with Crippen LogP contribution in [0, 0.1) is 10.8 Å². The van der Waals surface area contributed by atoms with Crippen LogP contribution in [0.25, 0.3) is 0 Å². The number of amidine groups is 2. The summed E-state index contributed by atoms with van der Waals surface area (Å²) in [5.74, 6) is -0.737. The van der Waals surface area contributed by atoms with Crippen molar-refractivity contribution in [2.75, 3.05) is 87.6 Å². The van der Waals surface area contributed by atoms with Gasteiger partial charge in [-0.05, 0) is 62.4 Å². The van der Waals surface area contributed by atoms with Crippen LogP contribution < -0.4 is 19.2 Å². The van der Waals surface area contributed by atoms with E-state index in [-0.39, 0.29) is 42.9 Å². The van der Waals surface area contributed by atoms with E-state index < -0.39 is 48.5 Å². The molecule has 4 N–H and O–H groups in total. The molecule has 2 amide bonds. The molecule has 0 aromatic heterocycles. The molecule has 2 aromatic rings. The van der Waals surface area contributed by atoms with Crippen molar-refractivity contribution in [3.05, 3.63) is 59.7 Å². The highest BCUT2D eigenvalue weighted by Gasteiger charge is 2.36. The predicted molar refractivity (Wildman–Crippen MR) is 213 cm³/mol. The zero-order valence-electron chi connectivity index (χ0n) is 32.5. The molecule has 3 unspecified atom stereocenters. The molecular weight excluding hydrogens is 825 g/mol. The number of ether oxygens (including phenoxy) is 3. The molecule has 0 radical (unpaired) electrons. The van der Waals surface area contributed by atoms with Crippen LogP contribution in [0.2, 0.25) is 0 Å². The average molecular weight is 873 g/mol. The number of piperazine rings is 1. The summed E-state index contributed by atoms with van der Waals surface area (Å²) in [6.45, 7) is 7.85. The van der Waals surface area contributed by atoms with Crippen molar-refractivity contribution >= 4 is 71.4 Å². The molecule has 2 aromatic carbocycles. The Kier molecular flexibility index (Phi) is 15.2. The molecule has 21 nitrogen and oxygen atoms in total. The van der Waals surface area contributed by atoms with Crippen LogP contribution >= 0.6 is 0 Å². The Hall–Kier alpha value is -4.88. The van der Waals surface area contributed by atoms with Gasteiger partial charge in [-0.15, -0.1) is 0 Å². The average Bonchev–Trinajstić information content (AvgIpc) is 3.70. The predicted octanol–water partition coefficient (Wildman–Crippen LogP) is 0.318. The lowest BCUT2D eigenvalue weighted by Gasteiger charge is -2.37. The summed E-state index contributed by atoms with van der Waals surface area (Å²) in [5, 5.41) is 15.5. The van der Waals surface area contributed by atoms with E-state index in [1.54, 1.807) is 31.2 Å². The van der Waals surface area contributed by atoms with Crippen molar-refractivity contribution in [1.82, 2.24) is 19.2 Å². The Morgan fingerprint density at radius 2 is 1.19 bits per heavy atom. The topological polar surface area (TPSA) is 275 Å². The number of nitrogens with zero attached hydrogens (tertiary/aromatic N) is 4. The van der Waals surface area contributed by atoms with E-state index in [0.29, 0.717) is 42.2 Å². The van der Waals surface area contributed by atoms with E-state index in [1.165, 1.54) is 34.1 Å². The molecule has 0 aliphatic carbocycles. The molecule has 3 heterocycles. The number of anilines is 2. The van der Waals surface area contributed by atoms with Crippen molar-refractivity contribution in [3.8, 4) is 0 Å². The fraction of sp³-hybridized carbons (Fsp3) is 0.500. The summed E-state index contributed by atoms with van der Waals surface area (Å²) in [6, 6.07) is 12.2. The van der Waals surface area contributed by atoms with E-state index in [9.17, 15) is 39.6 Å². The van der Waals surface area contributed by atoms with Gasteiger partial charge in [0.1, 0.15) is 36.5 Å². The highest BCUT2D eigenvalue weighted by molar-refractivity contribution is 7.89. The van der Waals surface area contributed by atoms with Crippen LogP contribution in [-0.2, 0) is 53.4 Å². The number of hydrogen-bond acceptors (Lipinski definition) is 17. The summed E-state index contributed by atoms with van der Waals surface area (Å²) in [4.78, 5) is 43.4. The molecule has 5 rings (SSSR count). The monoisotopic (exact) mass is 872 g/mol. The number of cyclic esters (lactones) is 2. The Bertz CT molecular complexity index is 2160. The van der Waals surface area contributed by atoms with Crippen LogP contribution in [0.4, 0.5) is 21.0 Å². The maximum Gasteiger partial charge on any atom is 0.414 e. The van der Waals surface area contributed by atoms with Crippen LogP contribution in [0.15, 0.2) is 48.5 Å². The largest absolute Gasteiger partial charge is 0.465 e. The standard InChI is InChI=1S/C21H31N5O6S.C13H17N3O7S2/c1-4-31-20(27)15(2)25-11-9-24(10-12-25)13-18-14-26(21(28)32-18)17-7-5-16(6-8-17)19(22)23-33(3,29)30;1-24(18,19)15-12(14)9-3-5-10(6-4-9)16-7-11(23-13(16)17)8-22-25(2,20)21/h5-8,15,18H,4,9-14H2,1-3H3,(H2,22,23);3-6,11H,7-8H2,1-2H3,(H2,14,15). The summed E-state index contributed by atoms with van der Waals surface area (Å²) < 4.78 is 91.3. The molecule has 3 aliphatic rings. The van der Waals surface area contributed by atoms with Gasteiger partial charge >= 0.3 is 18.2 Å². The first kappa shape index (κ1) is 45.8. The van der Waals surface area contributed by atoms with Gasteiger partial charge in [0.25, 0.3) is 10.1 Å². The quantitative estimate of drug-likeness (QED) is 0.0654. The van der Waals surface area contributed by atoms with Crippen LogP contribution in [0.3, 0.4) is 0 Å². The van der Waals surface area contributed by atoms with Crippen LogP contribution in [0.5, 0.6) is 0 Å². The molecule has 320 valence electrons. The number of carbonyl (C=O) groups is 3. The zero-order chi connectivity index (χ0) is 43.0. The number of benzene rings is 2. The molecule has 3 aliphatic heterocycles. The summed E-state index contributed by atoms with van der Waals surface area (Å²) >= 11 is 0. The molecule has 0 saturated carbocycles. The molecule has 0 bridgehead atoms. The van der Waals surface area contributed by atoms with Crippen molar-refractivity contribution < 1.29 is 58.0 Å². The summed E-state index contributed by atoms with van der Waals surface area (Å²) in [6.07, 6.45) is 0.723. The van der Waals surface area contributed by atoms with Crippen LogP contribution in [0.1, 0.15) is 25.0 Å². The van der Waals surface area contributed by atoms with Gasteiger partial charge in [0.15, 0.2) is 0 Å². The first-order valence-electron chi connectivity index (χ1n) is 17.8. The smallest absolute Gasteiger partial charge is 0.414 e. The van der Waals surface area contributed by atoms with Gasteiger partial charge in [-0.1, -0.05) is 0 Å². The lowest BCUT2D eigenvalue weighted by Crippen LogP contribution is -2.53. The Labute approximate surface area is 337 Å². The third-order valence-electron chi connectivity index (χ3n) is 8.77. The first-order valence-corrected chi connectivity index (χ1v) is 23.4. The SMILES string of the molecule is CCOC(=O)C(C)N1CCN(CC2CN(c3ccc(C(=N)NS(C)(=O)=O)cc3)C(=O)O2)CC1.CS(=O)(=O)NC(=N)c1ccc(N2CC(COS(C)(=O)=O)OC2=O)cc1. The maximum absolute atomic E-state index is 12.4. The maximum atomic E-state index is 12.4. The van der Waals surface area contributed by atoms with Gasteiger partial charge in [-0.3, -0.25) is 48.8 Å². The van der Waals surface area contributed by atoms with E-state index >= 15 is 0 Å². The Morgan fingerprint density at radius 3 is 1.60 bits per heavy atom.